The van der Waals surface area contributed by atoms with Crippen LogP contribution in [0.15, 0.2) is 36.5 Å². The largest absolute Gasteiger partial charge is 0.351 e. The Morgan fingerprint density at radius 1 is 1.32 bits per heavy atom. The smallest absolute Gasteiger partial charge is 0.257 e. The Hall–Kier alpha value is -2.83. The lowest BCUT2D eigenvalue weighted by Gasteiger charge is -2.24. The predicted molar refractivity (Wildman–Crippen MR) is 89.0 cm³/mol. The maximum Gasteiger partial charge on any atom is 0.257 e. The highest BCUT2D eigenvalue weighted by molar-refractivity contribution is 5.94. The van der Waals surface area contributed by atoms with Gasteiger partial charge in [0.05, 0.1) is 23.8 Å². The number of aromatic nitrogens is 2. The van der Waals surface area contributed by atoms with Crippen LogP contribution in [-0.2, 0) is 11.3 Å². The van der Waals surface area contributed by atoms with Crippen LogP contribution in [0, 0.1) is 5.82 Å². The van der Waals surface area contributed by atoms with E-state index in [1.54, 1.807) is 29.3 Å². The molecule has 2 heterocycles. The Balaban J connectivity index is 1.82. The van der Waals surface area contributed by atoms with Crippen LogP contribution in [0.5, 0.6) is 0 Å². The molecule has 1 N–H and O–H groups in total. The zero-order valence-electron chi connectivity index (χ0n) is 13.9. The van der Waals surface area contributed by atoms with Crippen LogP contribution in [0.25, 0.3) is 0 Å². The second kappa shape index (κ2) is 7.38. The number of nitrogens with one attached hydrogen (secondary N) is 1. The number of halogens is 1. The first-order valence-electron chi connectivity index (χ1n) is 8.18. The Bertz CT molecular complexity index is 796. The molecule has 0 saturated carbocycles. The zero-order chi connectivity index (χ0) is 17.8. The Kier molecular flexibility index (Phi) is 5.02. The van der Waals surface area contributed by atoms with Crippen LogP contribution in [0.4, 0.5) is 4.39 Å². The van der Waals surface area contributed by atoms with Crippen molar-refractivity contribution in [3.63, 3.8) is 0 Å². The normalized spacial score (nSPS) is 16.7. The van der Waals surface area contributed by atoms with Gasteiger partial charge in [-0.3, -0.25) is 9.59 Å². The maximum atomic E-state index is 13.9. The first-order chi connectivity index (χ1) is 12.1. The fraction of sp³-hybridized carbons (Fsp3) is 0.333. The first kappa shape index (κ1) is 17.0. The Labute approximate surface area is 145 Å². The van der Waals surface area contributed by atoms with Gasteiger partial charge >= 0.3 is 0 Å². The molecule has 0 unspecified atom stereocenters. The Morgan fingerprint density at radius 2 is 2.12 bits per heavy atom. The van der Waals surface area contributed by atoms with E-state index >= 15 is 0 Å². The lowest BCUT2D eigenvalue weighted by molar-refractivity contribution is -0.119. The summed E-state index contributed by atoms with van der Waals surface area (Å²) in [4.78, 5) is 34.1. The molecule has 1 fully saturated rings. The fourth-order valence-corrected chi connectivity index (χ4v) is 2.95. The van der Waals surface area contributed by atoms with E-state index in [1.165, 1.54) is 19.1 Å². The molecule has 1 aromatic carbocycles. The number of amides is 2. The van der Waals surface area contributed by atoms with Crippen LogP contribution in [-0.4, -0.2) is 33.2 Å². The molecule has 1 atom stereocenters. The fourth-order valence-electron chi connectivity index (χ4n) is 2.95. The third-order valence-corrected chi connectivity index (χ3v) is 4.17. The highest BCUT2D eigenvalue weighted by Gasteiger charge is 2.33. The average molecular weight is 342 g/mol. The minimum absolute atomic E-state index is 0.0591. The Morgan fingerprint density at radius 3 is 2.88 bits per heavy atom. The molecule has 3 rings (SSSR count). The van der Waals surface area contributed by atoms with Crippen molar-refractivity contribution in [1.82, 2.24) is 20.2 Å². The number of carbonyl (C=O) groups is 2. The third-order valence-electron chi connectivity index (χ3n) is 4.17. The number of rotatable bonds is 4. The van der Waals surface area contributed by atoms with Crippen molar-refractivity contribution in [2.45, 2.75) is 32.4 Å². The molecule has 0 aliphatic carbocycles. The van der Waals surface area contributed by atoms with E-state index in [4.69, 9.17) is 0 Å². The third kappa shape index (κ3) is 3.81. The number of carbonyl (C=O) groups excluding carboxylic acids is 2. The van der Waals surface area contributed by atoms with Gasteiger partial charge in [0.25, 0.3) is 5.91 Å². The van der Waals surface area contributed by atoms with Gasteiger partial charge in [0, 0.05) is 19.7 Å². The summed E-state index contributed by atoms with van der Waals surface area (Å²) < 4.78 is 13.9. The zero-order valence-corrected chi connectivity index (χ0v) is 13.9. The van der Waals surface area contributed by atoms with Crippen molar-refractivity contribution in [2.75, 3.05) is 6.54 Å². The summed E-state index contributed by atoms with van der Waals surface area (Å²) in [7, 11) is 0. The van der Waals surface area contributed by atoms with Crippen molar-refractivity contribution in [2.24, 2.45) is 0 Å². The topological polar surface area (TPSA) is 75.2 Å². The van der Waals surface area contributed by atoms with Crippen LogP contribution in [0.2, 0.25) is 0 Å². The van der Waals surface area contributed by atoms with Gasteiger partial charge in [0.1, 0.15) is 5.82 Å². The lowest BCUT2D eigenvalue weighted by atomic mass is 10.1. The van der Waals surface area contributed by atoms with E-state index in [1.807, 2.05) is 0 Å². The molecule has 1 saturated heterocycles. The van der Waals surface area contributed by atoms with E-state index < -0.39 is 5.82 Å². The van der Waals surface area contributed by atoms with Gasteiger partial charge in [-0.05, 0) is 31.0 Å². The van der Waals surface area contributed by atoms with E-state index in [-0.39, 0.29) is 23.4 Å². The minimum Gasteiger partial charge on any atom is -0.351 e. The van der Waals surface area contributed by atoms with E-state index in [9.17, 15) is 14.0 Å². The number of hydrogen-bond donors (Lipinski definition) is 1. The molecular formula is C18H19FN4O2. The highest BCUT2D eigenvalue weighted by Crippen LogP contribution is 2.31. The molecule has 6 nitrogen and oxygen atoms in total. The van der Waals surface area contributed by atoms with Gasteiger partial charge in [-0.25, -0.2) is 14.4 Å². The molecule has 130 valence electrons. The SMILES string of the molecule is CC(=O)NCc1ccnc([C@H]2CCCN2C(=O)c2ccccc2F)n1. The summed E-state index contributed by atoms with van der Waals surface area (Å²) in [5, 5.41) is 2.69. The second-order valence-electron chi connectivity index (χ2n) is 5.95. The molecule has 0 spiro atoms. The summed E-state index contributed by atoms with van der Waals surface area (Å²) in [6.45, 7) is 2.28. The van der Waals surface area contributed by atoms with Crippen LogP contribution >= 0.6 is 0 Å². The van der Waals surface area contributed by atoms with E-state index in [0.29, 0.717) is 24.6 Å². The van der Waals surface area contributed by atoms with Crippen LogP contribution in [0.3, 0.4) is 0 Å². The summed E-state index contributed by atoms with van der Waals surface area (Å²) in [5.41, 5.74) is 0.731. The molecule has 25 heavy (non-hydrogen) atoms. The molecule has 0 bridgehead atoms. The van der Waals surface area contributed by atoms with Crippen LogP contribution < -0.4 is 5.32 Å². The van der Waals surface area contributed by atoms with Crippen molar-refractivity contribution in [3.8, 4) is 0 Å². The number of benzene rings is 1. The standard InChI is InChI=1S/C18H19FN4O2/c1-12(24)21-11-13-8-9-20-17(22-13)16-7-4-10-23(16)18(25)14-5-2-3-6-15(14)19/h2-3,5-6,8-9,16H,4,7,10-11H2,1H3,(H,21,24)/t16-/m1/s1. The maximum absolute atomic E-state index is 13.9. The van der Waals surface area contributed by atoms with Gasteiger partial charge in [0.15, 0.2) is 5.82 Å². The summed E-state index contributed by atoms with van der Waals surface area (Å²) in [6, 6.07) is 7.40. The molecule has 1 aliphatic rings. The summed E-state index contributed by atoms with van der Waals surface area (Å²) in [6.07, 6.45) is 3.15. The van der Waals surface area contributed by atoms with Crippen LogP contribution in [0.1, 0.15) is 47.7 Å². The van der Waals surface area contributed by atoms with Crippen molar-refractivity contribution < 1.29 is 14.0 Å². The van der Waals surface area contributed by atoms with Gasteiger partial charge < -0.3 is 10.2 Å². The predicted octanol–water partition coefficient (Wildman–Crippen LogP) is 2.23. The molecule has 1 aromatic heterocycles. The van der Waals surface area contributed by atoms with E-state index in [2.05, 4.69) is 15.3 Å². The monoisotopic (exact) mass is 342 g/mol. The number of likely N-dealkylation sites (tertiary alicyclic amines) is 1. The average Bonchev–Trinajstić information content (AvgIpc) is 3.10. The second-order valence-corrected chi connectivity index (χ2v) is 5.95. The van der Waals surface area contributed by atoms with Crippen molar-refractivity contribution in [1.29, 1.82) is 0 Å². The molecule has 1 aliphatic heterocycles. The number of nitrogens with zero attached hydrogens (tertiary/aromatic N) is 3. The molecule has 2 aromatic rings. The first-order valence-corrected chi connectivity index (χ1v) is 8.18. The van der Waals surface area contributed by atoms with Crippen molar-refractivity contribution in [3.05, 3.63) is 59.4 Å². The van der Waals surface area contributed by atoms with Gasteiger partial charge in [-0.1, -0.05) is 12.1 Å². The molecule has 7 heteroatoms. The summed E-state index contributed by atoms with van der Waals surface area (Å²) in [5.74, 6) is -0.502. The molecule has 2 amide bonds. The van der Waals surface area contributed by atoms with Gasteiger partial charge in [-0.15, -0.1) is 0 Å². The van der Waals surface area contributed by atoms with Gasteiger partial charge in [-0.2, -0.15) is 0 Å². The number of hydrogen-bond acceptors (Lipinski definition) is 4. The van der Waals surface area contributed by atoms with Gasteiger partial charge in [0.2, 0.25) is 5.91 Å². The van der Waals surface area contributed by atoms with Crippen molar-refractivity contribution >= 4 is 11.8 Å². The molecular weight excluding hydrogens is 323 g/mol. The molecule has 0 radical (unpaired) electrons. The lowest BCUT2D eigenvalue weighted by Crippen LogP contribution is -2.32. The highest BCUT2D eigenvalue weighted by atomic mass is 19.1. The summed E-state index contributed by atoms with van der Waals surface area (Å²) >= 11 is 0. The minimum atomic E-state index is -0.529. The quantitative estimate of drug-likeness (QED) is 0.924. The van der Waals surface area contributed by atoms with E-state index in [0.717, 1.165) is 12.8 Å².